The summed E-state index contributed by atoms with van der Waals surface area (Å²) in [6.07, 6.45) is -4.55. The molecule has 0 fully saturated rings. The minimum Gasteiger partial charge on any atom is -0.386 e. The van der Waals surface area contributed by atoms with Crippen LogP contribution in [0, 0.1) is 0 Å². The molecule has 0 heterocycles. The van der Waals surface area contributed by atoms with Gasteiger partial charge in [0.15, 0.2) is 0 Å². The molecule has 23 heavy (non-hydrogen) atoms. The Morgan fingerprint density at radius 3 is 2.48 bits per heavy atom. The first kappa shape index (κ1) is 18.9. The third-order valence-corrected chi connectivity index (χ3v) is 2.74. The Kier molecular flexibility index (Phi) is 6.11. The van der Waals surface area contributed by atoms with Crippen molar-refractivity contribution in [1.29, 1.82) is 0 Å². The normalized spacial score (nSPS) is 14.0. The number of alkyl halides is 3. The smallest absolute Gasteiger partial charge is 0.386 e. The van der Waals surface area contributed by atoms with Crippen molar-refractivity contribution in [2.45, 2.75) is 18.7 Å². The quantitative estimate of drug-likeness (QED) is 0.705. The zero-order chi connectivity index (χ0) is 17.7. The molecule has 1 rings (SSSR count). The van der Waals surface area contributed by atoms with Gasteiger partial charge >= 0.3 is 18.0 Å². The van der Waals surface area contributed by atoms with Crippen molar-refractivity contribution in [3.05, 3.63) is 29.8 Å². The van der Waals surface area contributed by atoms with Gasteiger partial charge in [-0.2, -0.15) is 13.2 Å². The maximum Gasteiger partial charge on any atom is 0.416 e. The molecule has 0 unspecified atom stereocenters. The van der Waals surface area contributed by atoms with E-state index in [0.717, 1.165) is 12.1 Å². The van der Waals surface area contributed by atoms with Gasteiger partial charge in [0.2, 0.25) is 0 Å². The molecule has 0 bridgehead atoms. The van der Waals surface area contributed by atoms with Gasteiger partial charge in [-0.1, -0.05) is 6.07 Å². The van der Waals surface area contributed by atoms with Crippen molar-refractivity contribution in [3.63, 3.8) is 0 Å². The predicted molar refractivity (Wildman–Crippen MR) is 75.6 cm³/mol. The fraction of sp³-hybridized carbons (Fsp3) is 0.429. The summed E-state index contributed by atoms with van der Waals surface area (Å²) >= 11 is 0. The molecule has 0 aromatic heterocycles. The number of hydrogen-bond acceptors (Lipinski definition) is 4. The highest BCUT2D eigenvalue weighted by Gasteiger charge is 2.30. The summed E-state index contributed by atoms with van der Waals surface area (Å²) in [5.74, 6) is -2.23. The number of aliphatic hydroxyl groups is 1. The molecule has 1 aromatic rings. The standard InChI is InChI=1S/C14H17F3N2O4/c1-13(22,8-23-2)7-18-11(20)12(21)19-10-5-3-4-9(6-10)14(15,16)17/h3-6,22H,7-8H2,1-2H3,(H,18,20)(H,19,21)/t13-/m1/s1. The largest absolute Gasteiger partial charge is 0.416 e. The van der Waals surface area contributed by atoms with E-state index in [1.165, 1.54) is 20.1 Å². The van der Waals surface area contributed by atoms with Crippen molar-refractivity contribution in [2.24, 2.45) is 0 Å². The predicted octanol–water partition coefficient (Wildman–Crippen LogP) is 1.16. The van der Waals surface area contributed by atoms with Crippen molar-refractivity contribution in [3.8, 4) is 0 Å². The van der Waals surface area contributed by atoms with Gasteiger partial charge in [0.25, 0.3) is 0 Å². The van der Waals surface area contributed by atoms with Crippen molar-refractivity contribution in [1.82, 2.24) is 5.32 Å². The summed E-state index contributed by atoms with van der Waals surface area (Å²) in [4.78, 5) is 23.2. The SMILES string of the molecule is COC[C@](C)(O)CNC(=O)C(=O)Nc1cccc(C(F)(F)F)c1. The zero-order valence-corrected chi connectivity index (χ0v) is 12.5. The fourth-order valence-electron chi connectivity index (χ4n) is 1.67. The molecule has 3 N–H and O–H groups in total. The van der Waals surface area contributed by atoms with Gasteiger partial charge in [-0.15, -0.1) is 0 Å². The first-order chi connectivity index (χ1) is 10.5. The topological polar surface area (TPSA) is 87.7 Å². The van der Waals surface area contributed by atoms with Gasteiger partial charge in [0.1, 0.15) is 5.60 Å². The lowest BCUT2D eigenvalue weighted by Crippen LogP contribution is -2.46. The van der Waals surface area contributed by atoms with E-state index in [4.69, 9.17) is 4.74 Å². The van der Waals surface area contributed by atoms with Gasteiger partial charge in [-0.05, 0) is 25.1 Å². The number of carbonyl (C=O) groups is 2. The van der Waals surface area contributed by atoms with E-state index in [9.17, 15) is 27.9 Å². The first-order valence-electron chi connectivity index (χ1n) is 6.53. The van der Waals surface area contributed by atoms with Crippen LogP contribution in [0.15, 0.2) is 24.3 Å². The first-order valence-corrected chi connectivity index (χ1v) is 6.53. The van der Waals surface area contributed by atoms with E-state index in [1.807, 2.05) is 0 Å². The summed E-state index contributed by atoms with van der Waals surface area (Å²) in [5, 5.41) is 14.0. The highest BCUT2D eigenvalue weighted by Crippen LogP contribution is 2.30. The Balaban J connectivity index is 2.64. The molecule has 1 atom stereocenters. The van der Waals surface area contributed by atoms with Crippen LogP contribution in [0.25, 0.3) is 0 Å². The second-order valence-corrected chi connectivity index (χ2v) is 5.15. The average Bonchev–Trinajstić information content (AvgIpc) is 2.44. The summed E-state index contributed by atoms with van der Waals surface area (Å²) in [6.45, 7) is 1.07. The van der Waals surface area contributed by atoms with Gasteiger partial charge in [0.05, 0.1) is 12.2 Å². The minimum absolute atomic E-state index is 0.0669. The van der Waals surface area contributed by atoms with Crippen LogP contribution in [0.5, 0.6) is 0 Å². The maximum absolute atomic E-state index is 12.6. The summed E-state index contributed by atoms with van der Waals surface area (Å²) in [5.41, 5.74) is -2.48. The second kappa shape index (κ2) is 7.42. The summed E-state index contributed by atoms with van der Waals surface area (Å²) in [7, 11) is 1.36. The van der Waals surface area contributed by atoms with E-state index in [-0.39, 0.29) is 18.8 Å². The summed E-state index contributed by atoms with van der Waals surface area (Å²) in [6, 6.07) is 3.89. The monoisotopic (exact) mass is 334 g/mol. The van der Waals surface area contributed by atoms with Gasteiger partial charge < -0.3 is 20.5 Å². The molecule has 0 aliphatic carbocycles. The molecule has 0 saturated heterocycles. The van der Waals surface area contributed by atoms with Crippen molar-refractivity contribution in [2.75, 3.05) is 25.6 Å². The van der Waals surface area contributed by atoms with Gasteiger partial charge in [-0.25, -0.2) is 0 Å². The number of methoxy groups -OCH3 is 1. The minimum atomic E-state index is -4.55. The van der Waals surface area contributed by atoms with Crippen LogP contribution in [0.4, 0.5) is 18.9 Å². The number of ether oxygens (including phenoxy) is 1. The van der Waals surface area contributed by atoms with Gasteiger partial charge in [-0.3, -0.25) is 9.59 Å². The molecule has 1 aromatic carbocycles. The van der Waals surface area contributed by atoms with Gasteiger partial charge in [0, 0.05) is 19.3 Å². The molecule has 6 nitrogen and oxygen atoms in total. The van der Waals surface area contributed by atoms with Crippen LogP contribution in [0.2, 0.25) is 0 Å². The van der Waals surface area contributed by atoms with Crippen molar-refractivity contribution < 1.29 is 32.6 Å². The summed E-state index contributed by atoms with van der Waals surface area (Å²) < 4.78 is 42.4. The van der Waals surface area contributed by atoms with Crippen LogP contribution in [0.1, 0.15) is 12.5 Å². The van der Waals surface area contributed by atoms with Crippen LogP contribution in [-0.2, 0) is 20.5 Å². The lowest BCUT2D eigenvalue weighted by molar-refractivity contribution is -0.137. The molecule has 0 radical (unpaired) electrons. The molecule has 0 aliphatic heterocycles. The van der Waals surface area contributed by atoms with Crippen LogP contribution in [-0.4, -0.2) is 42.8 Å². The highest BCUT2D eigenvalue weighted by molar-refractivity contribution is 6.39. The van der Waals surface area contributed by atoms with Crippen LogP contribution in [0.3, 0.4) is 0 Å². The van der Waals surface area contributed by atoms with E-state index in [1.54, 1.807) is 0 Å². The maximum atomic E-state index is 12.6. The molecule has 2 amide bonds. The van der Waals surface area contributed by atoms with E-state index >= 15 is 0 Å². The Morgan fingerprint density at radius 1 is 1.26 bits per heavy atom. The van der Waals surface area contributed by atoms with Crippen LogP contribution >= 0.6 is 0 Å². The zero-order valence-electron chi connectivity index (χ0n) is 12.5. The Morgan fingerprint density at radius 2 is 1.91 bits per heavy atom. The molecule has 0 aliphatic rings. The third kappa shape index (κ3) is 6.25. The number of anilines is 1. The number of nitrogens with one attached hydrogen (secondary N) is 2. The lowest BCUT2D eigenvalue weighted by atomic mass is 10.1. The number of carbonyl (C=O) groups excluding carboxylic acids is 2. The second-order valence-electron chi connectivity index (χ2n) is 5.15. The molecular weight excluding hydrogens is 317 g/mol. The molecule has 9 heteroatoms. The Bertz CT molecular complexity index is 573. The number of hydrogen-bond donors (Lipinski definition) is 3. The number of rotatable bonds is 5. The van der Waals surface area contributed by atoms with Crippen molar-refractivity contribution >= 4 is 17.5 Å². The Hall–Kier alpha value is -2.13. The average molecular weight is 334 g/mol. The molecule has 0 spiro atoms. The van der Waals surface area contributed by atoms with E-state index in [2.05, 4.69) is 10.6 Å². The molecule has 128 valence electrons. The third-order valence-electron chi connectivity index (χ3n) is 2.74. The van der Waals surface area contributed by atoms with E-state index in [0.29, 0.717) is 6.07 Å². The number of amides is 2. The van der Waals surface area contributed by atoms with Crippen LogP contribution < -0.4 is 10.6 Å². The molecule has 0 saturated carbocycles. The Labute approximate surface area is 130 Å². The lowest BCUT2D eigenvalue weighted by Gasteiger charge is -2.22. The highest BCUT2D eigenvalue weighted by atomic mass is 19.4. The molecular formula is C14H17F3N2O4. The van der Waals surface area contributed by atoms with E-state index < -0.39 is 29.2 Å². The number of benzene rings is 1. The fourth-order valence-corrected chi connectivity index (χ4v) is 1.67. The number of halogens is 3.